The first-order chi connectivity index (χ1) is 14.0. The third kappa shape index (κ3) is 4.44. The lowest BCUT2D eigenvalue weighted by Crippen LogP contribution is -2.48. The Bertz CT molecular complexity index is 807. The van der Waals surface area contributed by atoms with Gasteiger partial charge in [-0.2, -0.15) is 0 Å². The van der Waals surface area contributed by atoms with Crippen LogP contribution in [0.4, 0.5) is 0 Å². The molecule has 0 aliphatic carbocycles. The van der Waals surface area contributed by atoms with Crippen LogP contribution >= 0.6 is 0 Å². The summed E-state index contributed by atoms with van der Waals surface area (Å²) in [5.41, 5.74) is 1.33. The van der Waals surface area contributed by atoms with E-state index in [-0.39, 0.29) is 6.10 Å². The van der Waals surface area contributed by atoms with Crippen molar-refractivity contribution in [3.8, 4) is 0 Å². The van der Waals surface area contributed by atoms with Gasteiger partial charge in [0.05, 0.1) is 19.8 Å². The van der Waals surface area contributed by atoms with E-state index in [9.17, 15) is 0 Å². The van der Waals surface area contributed by atoms with Crippen LogP contribution in [0.25, 0.3) is 0 Å². The first-order valence-corrected chi connectivity index (χ1v) is 9.96. The molecule has 154 valence electrons. The lowest BCUT2D eigenvalue weighted by Gasteiger charge is -2.34. The van der Waals surface area contributed by atoms with Crippen LogP contribution in [0.15, 0.2) is 73.3 Å². The summed E-state index contributed by atoms with van der Waals surface area (Å²) < 4.78 is 30.7. The highest BCUT2D eigenvalue weighted by atomic mass is 16.8. The molecule has 0 spiro atoms. The molecular weight excluding hydrogens is 368 g/mol. The highest BCUT2D eigenvalue weighted by Crippen LogP contribution is 2.44. The van der Waals surface area contributed by atoms with Crippen LogP contribution in [0.3, 0.4) is 0 Å². The topological polar surface area (TPSA) is 46.2 Å². The van der Waals surface area contributed by atoms with Crippen LogP contribution in [0.2, 0.25) is 0 Å². The molecule has 5 nitrogen and oxygen atoms in total. The van der Waals surface area contributed by atoms with Crippen molar-refractivity contribution in [1.29, 1.82) is 0 Å². The number of ether oxygens (including phenoxy) is 5. The van der Waals surface area contributed by atoms with Crippen LogP contribution in [0.1, 0.15) is 25.0 Å². The largest absolute Gasteiger partial charge is 0.373 e. The molecule has 2 saturated heterocycles. The molecule has 2 aromatic carbocycles. The molecule has 4 rings (SSSR count). The van der Waals surface area contributed by atoms with Crippen molar-refractivity contribution in [3.63, 3.8) is 0 Å². The molecular formula is C24H28O5. The molecule has 0 saturated carbocycles. The third-order valence-electron chi connectivity index (χ3n) is 5.26. The molecule has 1 unspecified atom stereocenters. The van der Waals surface area contributed by atoms with Gasteiger partial charge in [0.25, 0.3) is 0 Å². The van der Waals surface area contributed by atoms with E-state index in [4.69, 9.17) is 23.7 Å². The minimum Gasteiger partial charge on any atom is -0.373 e. The van der Waals surface area contributed by atoms with Crippen molar-refractivity contribution in [3.05, 3.63) is 84.4 Å². The Balaban J connectivity index is 1.49. The summed E-state index contributed by atoms with van der Waals surface area (Å²) in [6.07, 6.45) is 0.477. The lowest BCUT2D eigenvalue weighted by molar-refractivity contribution is -0.243. The van der Waals surface area contributed by atoms with E-state index in [1.165, 1.54) is 0 Å². The van der Waals surface area contributed by atoms with Crippen LogP contribution in [-0.4, -0.2) is 36.5 Å². The predicted octanol–water partition coefficient (Wildman–Crippen LogP) is 4.22. The maximum absolute atomic E-state index is 6.32. The minimum atomic E-state index is -0.852. The molecule has 5 heteroatoms. The van der Waals surface area contributed by atoms with Crippen molar-refractivity contribution in [2.45, 2.75) is 56.9 Å². The van der Waals surface area contributed by atoms with Crippen LogP contribution in [0.5, 0.6) is 0 Å². The Morgan fingerprint density at radius 2 is 1.52 bits per heavy atom. The number of rotatable bonds is 8. The molecule has 0 amide bonds. The van der Waals surface area contributed by atoms with Gasteiger partial charge in [-0.1, -0.05) is 66.7 Å². The standard InChI is InChI=1S/C24H28O5/c1-4-24(17-25-15-18-11-7-5-8-12-18)21(26-16-19-13-9-6-10-14-19)20-22(29-24)28-23(2,3)27-20/h4-14,20-22H,1,15-17H2,2-3H3/t20?,21-,22+,24-/m1/s1. The Morgan fingerprint density at radius 3 is 2.14 bits per heavy atom. The van der Waals surface area contributed by atoms with Crippen LogP contribution in [0, 0.1) is 0 Å². The molecule has 0 N–H and O–H groups in total. The summed E-state index contributed by atoms with van der Waals surface area (Å²) in [5.74, 6) is -0.720. The molecule has 2 aliphatic rings. The van der Waals surface area contributed by atoms with Crippen molar-refractivity contribution in [2.75, 3.05) is 6.61 Å². The van der Waals surface area contributed by atoms with Gasteiger partial charge in [0.2, 0.25) is 0 Å². The second-order valence-electron chi connectivity index (χ2n) is 7.94. The minimum absolute atomic E-state index is 0.297. The predicted molar refractivity (Wildman–Crippen MR) is 109 cm³/mol. The SMILES string of the molecule is C=C[C@]1(COCc2ccccc2)O[C@@H]2OC(C)(C)OC2[C@H]1OCc1ccccc1. The second-order valence-corrected chi connectivity index (χ2v) is 7.94. The van der Waals surface area contributed by atoms with E-state index in [0.717, 1.165) is 11.1 Å². The average molecular weight is 396 g/mol. The van der Waals surface area contributed by atoms with E-state index in [0.29, 0.717) is 19.8 Å². The quantitative estimate of drug-likeness (QED) is 0.625. The van der Waals surface area contributed by atoms with E-state index in [2.05, 4.69) is 6.58 Å². The Hall–Kier alpha value is -2.02. The number of benzene rings is 2. The molecule has 0 bridgehead atoms. The smallest absolute Gasteiger partial charge is 0.191 e. The maximum atomic E-state index is 6.32. The Labute approximate surface area is 172 Å². The number of hydrogen-bond acceptors (Lipinski definition) is 5. The average Bonchev–Trinajstić information content (AvgIpc) is 3.17. The van der Waals surface area contributed by atoms with E-state index in [1.54, 1.807) is 6.08 Å². The monoisotopic (exact) mass is 396 g/mol. The summed E-state index contributed by atoms with van der Waals surface area (Å²) in [5, 5.41) is 0. The van der Waals surface area contributed by atoms with Gasteiger partial charge in [-0.3, -0.25) is 0 Å². The van der Waals surface area contributed by atoms with Crippen LogP contribution < -0.4 is 0 Å². The summed E-state index contributed by atoms with van der Waals surface area (Å²) in [4.78, 5) is 0. The number of hydrogen-bond donors (Lipinski definition) is 0. The lowest BCUT2D eigenvalue weighted by atomic mass is 9.95. The van der Waals surface area contributed by atoms with Gasteiger partial charge in [-0.05, 0) is 25.0 Å². The molecule has 2 aromatic rings. The van der Waals surface area contributed by atoms with Crippen molar-refractivity contribution in [2.24, 2.45) is 0 Å². The van der Waals surface area contributed by atoms with Gasteiger partial charge in [-0.15, -0.1) is 6.58 Å². The molecule has 2 aliphatic heterocycles. The maximum Gasteiger partial charge on any atom is 0.191 e. The molecule has 0 aromatic heterocycles. The fourth-order valence-corrected chi connectivity index (χ4v) is 3.85. The van der Waals surface area contributed by atoms with E-state index >= 15 is 0 Å². The highest BCUT2D eigenvalue weighted by molar-refractivity contribution is 5.17. The van der Waals surface area contributed by atoms with Gasteiger partial charge < -0.3 is 23.7 Å². The first-order valence-electron chi connectivity index (χ1n) is 9.96. The van der Waals surface area contributed by atoms with Gasteiger partial charge in [0.15, 0.2) is 12.1 Å². The molecule has 2 fully saturated rings. The fraction of sp³-hybridized carbons (Fsp3) is 0.417. The van der Waals surface area contributed by atoms with Crippen LogP contribution in [-0.2, 0) is 36.9 Å². The van der Waals surface area contributed by atoms with E-state index < -0.39 is 23.8 Å². The van der Waals surface area contributed by atoms with Gasteiger partial charge in [0.1, 0.15) is 17.8 Å². The van der Waals surface area contributed by atoms with Gasteiger partial charge in [0, 0.05) is 0 Å². The molecule has 2 heterocycles. The molecule has 29 heavy (non-hydrogen) atoms. The van der Waals surface area contributed by atoms with Crippen molar-refractivity contribution >= 4 is 0 Å². The summed E-state index contributed by atoms with van der Waals surface area (Å²) >= 11 is 0. The van der Waals surface area contributed by atoms with Gasteiger partial charge in [-0.25, -0.2) is 0 Å². The molecule has 0 radical (unpaired) electrons. The second kappa shape index (κ2) is 8.38. The Kier molecular flexibility index (Phi) is 5.86. The first kappa shape index (κ1) is 20.3. The summed E-state index contributed by atoms with van der Waals surface area (Å²) in [6, 6.07) is 20.1. The van der Waals surface area contributed by atoms with Gasteiger partial charge >= 0.3 is 0 Å². The summed E-state index contributed by atoms with van der Waals surface area (Å²) in [6.45, 7) is 8.99. The van der Waals surface area contributed by atoms with Crippen molar-refractivity contribution < 1.29 is 23.7 Å². The zero-order valence-electron chi connectivity index (χ0n) is 17.0. The van der Waals surface area contributed by atoms with E-state index in [1.807, 2.05) is 74.5 Å². The highest BCUT2D eigenvalue weighted by Gasteiger charge is 2.61. The van der Waals surface area contributed by atoms with Crippen molar-refractivity contribution in [1.82, 2.24) is 0 Å². The zero-order chi connectivity index (χ0) is 20.3. The summed E-state index contributed by atoms with van der Waals surface area (Å²) in [7, 11) is 0. The normalized spacial score (nSPS) is 30.2. The Morgan fingerprint density at radius 1 is 0.897 bits per heavy atom. The molecule has 4 atom stereocenters. The fourth-order valence-electron chi connectivity index (χ4n) is 3.85. The number of fused-ring (bicyclic) bond motifs is 1. The zero-order valence-corrected chi connectivity index (χ0v) is 17.0. The third-order valence-corrected chi connectivity index (χ3v) is 5.26.